The molecule has 2 aromatic rings. The first-order valence-corrected chi connectivity index (χ1v) is 10.1. The molecule has 1 aromatic heterocycles. The van der Waals surface area contributed by atoms with Crippen LogP contribution in [0.3, 0.4) is 0 Å². The SMILES string of the molecule is O=C1/C(=C/c2ccc(-n3ccnc3)cc2)SC(=S)N1CCN1CCOCC1. The number of thioether (sulfide) groups is 1. The summed E-state index contributed by atoms with van der Waals surface area (Å²) in [5.41, 5.74) is 2.01. The fourth-order valence-corrected chi connectivity index (χ4v) is 4.37. The van der Waals surface area contributed by atoms with Crippen LogP contribution in [0.4, 0.5) is 0 Å². The smallest absolute Gasteiger partial charge is 0.266 e. The van der Waals surface area contributed by atoms with E-state index >= 15 is 0 Å². The zero-order valence-electron chi connectivity index (χ0n) is 14.8. The zero-order chi connectivity index (χ0) is 18.6. The topological polar surface area (TPSA) is 50.6 Å². The number of ether oxygens (including phenoxy) is 1. The second-order valence-electron chi connectivity index (χ2n) is 6.35. The van der Waals surface area contributed by atoms with E-state index in [1.807, 2.05) is 41.1 Å². The molecular weight excluding hydrogens is 380 g/mol. The minimum atomic E-state index is -0.00283. The molecule has 140 valence electrons. The number of hydrogen-bond acceptors (Lipinski definition) is 6. The van der Waals surface area contributed by atoms with E-state index in [1.165, 1.54) is 11.8 Å². The van der Waals surface area contributed by atoms with Gasteiger partial charge in [0.25, 0.3) is 5.91 Å². The highest BCUT2D eigenvalue weighted by Crippen LogP contribution is 2.32. The molecule has 0 aliphatic carbocycles. The van der Waals surface area contributed by atoms with Crippen molar-refractivity contribution in [2.24, 2.45) is 0 Å². The van der Waals surface area contributed by atoms with Crippen molar-refractivity contribution in [3.05, 3.63) is 53.5 Å². The lowest BCUT2D eigenvalue weighted by molar-refractivity contribution is -0.122. The number of carbonyl (C=O) groups is 1. The van der Waals surface area contributed by atoms with Gasteiger partial charge < -0.3 is 9.30 Å². The number of benzene rings is 1. The van der Waals surface area contributed by atoms with E-state index in [4.69, 9.17) is 17.0 Å². The second kappa shape index (κ2) is 8.35. The van der Waals surface area contributed by atoms with Gasteiger partial charge in [0.2, 0.25) is 0 Å². The van der Waals surface area contributed by atoms with Crippen molar-refractivity contribution in [3.8, 4) is 5.69 Å². The molecule has 0 N–H and O–H groups in total. The molecule has 0 bridgehead atoms. The van der Waals surface area contributed by atoms with Crippen molar-refractivity contribution in [2.75, 3.05) is 39.4 Å². The fraction of sp³-hybridized carbons (Fsp3) is 0.316. The second-order valence-corrected chi connectivity index (χ2v) is 8.02. The summed E-state index contributed by atoms with van der Waals surface area (Å²) >= 11 is 6.80. The van der Waals surface area contributed by atoms with Gasteiger partial charge in [-0.15, -0.1) is 0 Å². The van der Waals surface area contributed by atoms with Gasteiger partial charge in [-0.2, -0.15) is 0 Å². The maximum atomic E-state index is 12.7. The third-order valence-corrected chi connectivity index (χ3v) is 5.99. The number of rotatable bonds is 5. The predicted octanol–water partition coefficient (Wildman–Crippen LogP) is 2.41. The Hall–Kier alpha value is -2.00. The molecule has 0 spiro atoms. The third kappa shape index (κ3) is 4.30. The van der Waals surface area contributed by atoms with Crippen LogP contribution in [-0.2, 0) is 9.53 Å². The molecule has 2 saturated heterocycles. The maximum absolute atomic E-state index is 12.7. The molecule has 27 heavy (non-hydrogen) atoms. The lowest BCUT2D eigenvalue weighted by Gasteiger charge is -2.28. The average molecular weight is 401 g/mol. The molecular formula is C19H20N4O2S2. The Bertz CT molecular complexity index is 843. The van der Waals surface area contributed by atoms with E-state index in [-0.39, 0.29) is 5.91 Å². The van der Waals surface area contributed by atoms with E-state index in [0.717, 1.165) is 44.1 Å². The van der Waals surface area contributed by atoms with Gasteiger partial charge >= 0.3 is 0 Å². The molecule has 2 aliphatic heterocycles. The number of nitrogens with zero attached hydrogens (tertiary/aromatic N) is 4. The minimum Gasteiger partial charge on any atom is -0.379 e. The number of morpholine rings is 1. The molecule has 6 nitrogen and oxygen atoms in total. The van der Waals surface area contributed by atoms with Crippen LogP contribution in [0.2, 0.25) is 0 Å². The van der Waals surface area contributed by atoms with Crippen LogP contribution in [0.5, 0.6) is 0 Å². The Morgan fingerprint density at radius 1 is 1.19 bits per heavy atom. The van der Waals surface area contributed by atoms with Gasteiger partial charge in [-0.05, 0) is 23.8 Å². The molecule has 0 atom stereocenters. The number of aromatic nitrogens is 2. The van der Waals surface area contributed by atoms with Crippen molar-refractivity contribution in [1.82, 2.24) is 19.4 Å². The maximum Gasteiger partial charge on any atom is 0.266 e. The van der Waals surface area contributed by atoms with Crippen molar-refractivity contribution in [2.45, 2.75) is 0 Å². The van der Waals surface area contributed by atoms with Crippen molar-refractivity contribution >= 4 is 40.3 Å². The van der Waals surface area contributed by atoms with Crippen LogP contribution in [0.1, 0.15) is 5.56 Å². The molecule has 2 aliphatic rings. The van der Waals surface area contributed by atoms with Gasteiger partial charge in [-0.25, -0.2) is 4.98 Å². The number of hydrogen-bond donors (Lipinski definition) is 0. The van der Waals surface area contributed by atoms with E-state index in [9.17, 15) is 4.79 Å². The van der Waals surface area contributed by atoms with Crippen molar-refractivity contribution in [3.63, 3.8) is 0 Å². The Labute approximate surface area is 167 Å². The summed E-state index contributed by atoms with van der Waals surface area (Å²) in [5, 5.41) is 0. The van der Waals surface area contributed by atoms with Gasteiger partial charge in [-0.1, -0.05) is 36.1 Å². The predicted molar refractivity (Wildman–Crippen MR) is 111 cm³/mol. The normalized spacial score (nSPS) is 20.0. The van der Waals surface area contributed by atoms with Crippen LogP contribution in [0.25, 0.3) is 11.8 Å². The highest BCUT2D eigenvalue weighted by Gasteiger charge is 2.32. The molecule has 0 unspecified atom stereocenters. The fourth-order valence-electron chi connectivity index (χ4n) is 3.06. The number of carbonyl (C=O) groups excluding carboxylic acids is 1. The van der Waals surface area contributed by atoms with Gasteiger partial charge in [0.1, 0.15) is 4.32 Å². The summed E-state index contributed by atoms with van der Waals surface area (Å²) in [7, 11) is 0. The highest BCUT2D eigenvalue weighted by atomic mass is 32.2. The van der Waals surface area contributed by atoms with Crippen molar-refractivity contribution in [1.29, 1.82) is 0 Å². The van der Waals surface area contributed by atoms with Crippen LogP contribution in [-0.4, -0.2) is 69.0 Å². The third-order valence-electron chi connectivity index (χ3n) is 4.61. The van der Waals surface area contributed by atoms with Crippen LogP contribution in [0, 0.1) is 0 Å². The first-order valence-electron chi connectivity index (χ1n) is 8.84. The van der Waals surface area contributed by atoms with E-state index in [2.05, 4.69) is 9.88 Å². The molecule has 8 heteroatoms. The summed E-state index contributed by atoms with van der Waals surface area (Å²) in [6.45, 7) is 4.78. The van der Waals surface area contributed by atoms with Gasteiger partial charge in [0.05, 0.1) is 24.4 Å². The van der Waals surface area contributed by atoms with Crippen LogP contribution < -0.4 is 0 Å². The Balaban J connectivity index is 1.41. The van der Waals surface area contributed by atoms with Gasteiger partial charge in [-0.3, -0.25) is 14.6 Å². The summed E-state index contributed by atoms with van der Waals surface area (Å²) < 4.78 is 7.94. The van der Waals surface area contributed by atoms with Gasteiger partial charge in [0.15, 0.2) is 0 Å². The van der Waals surface area contributed by atoms with Crippen molar-refractivity contribution < 1.29 is 9.53 Å². The lowest BCUT2D eigenvalue weighted by Crippen LogP contribution is -2.42. The molecule has 1 aromatic carbocycles. The van der Waals surface area contributed by atoms with E-state index in [1.54, 1.807) is 17.4 Å². The number of thiocarbonyl (C=S) groups is 1. The van der Waals surface area contributed by atoms with Crippen LogP contribution >= 0.6 is 24.0 Å². The first-order chi connectivity index (χ1) is 13.2. The monoisotopic (exact) mass is 400 g/mol. The van der Waals surface area contributed by atoms with Gasteiger partial charge in [0, 0.05) is 44.3 Å². The number of amides is 1. The first kappa shape index (κ1) is 18.4. The quantitative estimate of drug-likeness (QED) is 0.568. The zero-order valence-corrected chi connectivity index (χ0v) is 16.4. The lowest BCUT2D eigenvalue weighted by atomic mass is 10.2. The average Bonchev–Trinajstić information content (AvgIpc) is 3.31. The summed E-state index contributed by atoms with van der Waals surface area (Å²) in [6.07, 6.45) is 7.31. The molecule has 3 heterocycles. The summed E-state index contributed by atoms with van der Waals surface area (Å²) in [6, 6.07) is 8.00. The Kier molecular flexibility index (Phi) is 5.68. The molecule has 1 amide bonds. The minimum absolute atomic E-state index is 0.00283. The van der Waals surface area contributed by atoms with E-state index < -0.39 is 0 Å². The van der Waals surface area contributed by atoms with E-state index in [0.29, 0.717) is 15.8 Å². The molecule has 4 rings (SSSR count). The molecule has 0 saturated carbocycles. The number of imidazole rings is 1. The Morgan fingerprint density at radius 2 is 1.96 bits per heavy atom. The molecule has 0 radical (unpaired) electrons. The summed E-state index contributed by atoms with van der Waals surface area (Å²) in [4.78, 5) is 21.5. The Morgan fingerprint density at radius 3 is 2.67 bits per heavy atom. The largest absolute Gasteiger partial charge is 0.379 e. The standard InChI is InChI=1S/C19H20N4O2S2/c24-18-17(13-15-1-3-16(4-2-15)22-6-5-20-14-22)27-19(26)23(18)8-7-21-9-11-25-12-10-21/h1-6,13-14H,7-12H2/b17-13-. The molecule has 2 fully saturated rings. The summed E-state index contributed by atoms with van der Waals surface area (Å²) in [5.74, 6) is -0.00283. The van der Waals surface area contributed by atoms with Crippen LogP contribution in [0.15, 0.2) is 47.9 Å². The highest BCUT2D eigenvalue weighted by molar-refractivity contribution is 8.26.